The molecule has 1 heterocycles. The molecule has 0 aliphatic rings. The van der Waals surface area contributed by atoms with Crippen LogP contribution in [0, 0.1) is 0 Å². The van der Waals surface area contributed by atoms with Gasteiger partial charge in [0, 0.05) is 24.0 Å². The van der Waals surface area contributed by atoms with Gasteiger partial charge in [0.1, 0.15) is 5.82 Å². The van der Waals surface area contributed by atoms with E-state index in [4.69, 9.17) is 5.73 Å². The smallest absolute Gasteiger partial charge is 0.125 e. The molecule has 0 spiro atoms. The van der Waals surface area contributed by atoms with Gasteiger partial charge >= 0.3 is 0 Å². The highest BCUT2D eigenvalue weighted by Gasteiger charge is 2.01. The van der Waals surface area contributed by atoms with Crippen molar-refractivity contribution in [1.82, 2.24) is 4.98 Å². The first-order chi connectivity index (χ1) is 6.72. The van der Waals surface area contributed by atoms with E-state index in [1.54, 1.807) is 6.20 Å². The summed E-state index contributed by atoms with van der Waals surface area (Å²) in [7, 11) is 0. The molecule has 1 aromatic heterocycles. The average molecular weight is 211 g/mol. The lowest BCUT2D eigenvalue weighted by Gasteiger charge is -2.14. The Bertz CT molecular complexity index is 278. The molecule has 0 aliphatic carbocycles. The van der Waals surface area contributed by atoms with Crippen molar-refractivity contribution in [3.63, 3.8) is 0 Å². The first kappa shape index (κ1) is 11.2. The summed E-state index contributed by atoms with van der Waals surface area (Å²) in [6, 6.07) is 4.27. The SMILES string of the molecule is CSCCC(C)Nc1ccnc(N)c1. The third-order valence-corrected chi connectivity index (χ3v) is 2.59. The second-order valence-electron chi connectivity index (χ2n) is 3.30. The molecule has 1 atom stereocenters. The summed E-state index contributed by atoms with van der Waals surface area (Å²) in [5, 5.41) is 3.38. The topological polar surface area (TPSA) is 50.9 Å². The number of hydrogen-bond acceptors (Lipinski definition) is 4. The minimum atomic E-state index is 0.476. The normalized spacial score (nSPS) is 12.4. The minimum Gasteiger partial charge on any atom is -0.384 e. The summed E-state index contributed by atoms with van der Waals surface area (Å²) in [4.78, 5) is 3.94. The predicted molar refractivity (Wildman–Crippen MR) is 64.7 cm³/mol. The van der Waals surface area contributed by atoms with E-state index < -0.39 is 0 Å². The van der Waals surface area contributed by atoms with Crippen LogP contribution in [0.3, 0.4) is 0 Å². The first-order valence-corrected chi connectivity index (χ1v) is 6.08. The number of anilines is 2. The molecule has 1 aromatic rings. The predicted octanol–water partition coefficient (Wildman–Crippen LogP) is 2.22. The number of nitrogens with two attached hydrogens (primary N) is 1. The summed E-state index contributed by atoms with van der Waals surface area (Å²) in [5.74, 6) is 1.74. The third kappa shape index (κ3) is 3.87. The molecule has 0 radical (unpaired) electrons. The van der Waals surface area contributed by atoms with Gasteiger partial charge in [-0.25, -0.2) is 4.98 Å². The fraction of sp³-hybridized carbons (Fsp3) is 0.500. The zero-order valence-corrected chi connectivity index (χ0v) is 9.47. The highest BCUT2D eigenvalue weighted by molar-refractivity contribution is 7.98. The highest BCUT2D eigenvalue weighted by atomic mass is 32.2. The Labute approximate surface area is 89.5 Å². The molecule has 0 fully saturated rings. The van der Waals surface area contributed by atoms with Crippen molar-refractivity contribution >= 4 is 23.3 Å². The van der Waals surface area contributed by atoms with Crippen LogP contribution in [0.1, 0.15) is 13.3 Å². The number of hydrogen-bond donors (Lipinski definition) is 2. The fourth-order valence-electron chi connectivity index (χ4n) is 1.19. The van der Waals surface area contributed by atoms with Crippen LogP contribution in [0.25, 0.3) is 0 Å². The molecule has 0 aliphatic heterocycles. The lowest BCUT2D eigenvalue weighted by molar-refractivity contribution is 0.772. The van der Waals surface area contributed by atoms with E-state index in [1.807, 2.05) is 23.9 Å². The van der Waals surface area contributed by atoms with Crippen LogP contribution in [0.4, 0.5) is 11.5 Å². The van der Waals surface area contributed by atoms with E-state index in [1.165, 1.54) is 5.75 Å². The summed E-state index contributed by atoms with van der Waals surface area (Å²) >= 11 is 1.87. The van der Waals surface area contributed by atoms with Crippen molar-refractivity contribution in [2.75, 3.05) is 23.1 Å². The van der Waals surface area contributed by atoms with Gasteiger partial charge in [0.05, 0.1) is 0 Å². The van der Waals surface area contributed by atoms with Crippen molar-refractivity contribution < 1.29 is 0 Å². The molecular formula is C10H17N3S. The molecule has 14 heavy (non-hydrogen) atoms. The lowest BCUT2D eigenvalue weighted by Crippen LogP contribution is -2.16. The summed E-state index contributed by atoms with van der Waals surface area (Å²) in [6.45, 7) is 2.17. The van der Waals surface area contributed by atoms with Gasteiger partial charge in [-0.15, -0.1) is 0 Å². The number of nitrogens with one attached hydrogen (secondary N) is 1. The maximum atomic E-state index is 5.58. The number of pyridine rings is 1. The summed E-state index contributed by atoms with van der Waals surface area (Å²) in [6.07, 6.45) is 5.00. The third-order valence-electron chi connectivity index (χ3n) is 1.95. The van der Waals surface area contributed by atoms with Crippen LogP contribution < -0.4 is 11.1 Å². The van der Waals surface area contributed by atoms with E-state index >= 15 is 0 Å². The Kier molecular flexibility index (Phi) is 4.59. The van der Waals surface area contributed by atoms with Crippen LogP contribution in [0.2, 0.25) is 0 Å². The number of thioether (sulfide) groups is 1. The van der Waals surface area contributed by atoms with E-state index in [2.05, 4.69) is 23.5 Å². The maximum Gasteiger partial charge on any atom is 0.125 e. The van der Waals surface area contributed by atoms with Crippen LogP contribution in [0.5, 0.6) is 0 Å². The molecular weight excluding hydrogens is 194 g/mol. The van der Waals surface area contributed by atoms with Crippen molar-refractivity contribution in [1.29, 1.82) is 0 Å². The monoisotopic (exact) mass is 211 g/mol. The Morgan fingerprint density at radius 2 is 2.43 bits per heavy atom. The van der Waals surface area contributed by atoms with Crippen LogP contribution >= 0.6 is 11.8 Å². The van der Waals surface area contributed by atoms with Crippen LogP contribution in [0.15, 0.2) is 18.3 Å². The van der Waals surface area contributed by atoms with Gasteiger partial charge in [0.15, 0.2) is 0 Å². The van der Waals surface area contributed by atoms with Gasteiger partial charge in [-0.05, 0) is 31.4 Å². The van der Waals surface area contributed by atoms with Gasteiger partial charge in [-0.2, -0.15) is 11.8 Å². The average Bonchev–Trinajstić information content (AvgIpc) is 2.15. The van der Waals surface area contributed by atoms with Crippen molar-refractivity contribution in [2.45, 2.75) is 19.4 Å². The molecule has 4 heteroatoms. The van der Waals surface area contributed by atoms with Crippen LogP contribution in [-0.2, 0) is 0 Å². The Morgan fingerprint density at radius 3 is 3.07 bits per heavy atom. The fourth-order valence-corrected chi connectivity index (χ4v) is 1.78. The molecule has 0 bridgehead atoms. The first-order valence-electron chi connectivity index (χ1n) is 4.69. The van der Waals surface area contributed by atoms with Gasteiger partial charge in [0.2, 0.25) is 0 Å². The van der Waals surface area contributed by atoms with E-state index in [0.29, 0.717) is 11.9 Å². The number of rotatable bonds is 5. The Morgan fingerprint density at radius 1 is 1.64 bits per heavy atom. The van der Waals surface area contributed by atoms with Gasteiger partial charge in [-0.3, -0.25) is 0 Å². The van der Waals surface area contributed by atoms with Crippen molar-refractivity contribution in [3.05, 3.63) is 18.3 Å². The highest BCUT2D eigenvalue weighted by Crippen LogP contribution is 2.12. The molecule has 1 unspecified atom stereocenters. The molecule has 0 saturated heterocycles. The van der Waals surface area contributed by atoms with Gasteiger partial charge < -0.3 is 11.1 Å². The largest absolute Gasteiger partial charge is 0.384 e. The molecule has 3 N–H and O–H groups in total. The Hall–Kier alpha value is -0.900. The Balaban J connectivity index is 2.43. The van der Waals surface area contributed by atoms with Crippen molar-refractivity contribution in [3.8, 4) is 0 Å². The zero-order valence-electron chi connectivity index (χ0n) is 8.66. The second-order valence-corrected chi connectivity index (χ2v) is 4.28. The summed E-state index contributed by atoms with van der Waals surface area (Å²) < 4.78 is 0. The van der Waals surface area contributed by atoms with E-state index in [9.17, 15) is 0 Å². The van der Waals surface area contributed by atoms with Crippen LogP contribution in [-0.4, -0.2) is 23.0 Å². The standard InChI is InChI=1S/C10H17N3S/c1-8(4-6-14-2)13-9-3-5-12-10(11)7-9/h3,5,7-8H,4,6H2,1-2H3,(H3,11,12,13). The molecule has 0 saturated carbocycles. The second kappa shape index (κ2) is 5.75. The molecule has 0 amide bonds. The molecule has 0 aromatic carbocycles. The van der Waals surface area contributed by atoms with Crippen molar-refractivity contribution in [2.24, 2.45) is 0 Å². The zero-order chi connectivity index (χ0) is 10.4. The quantitative estimate of drug-likeness (QED) is 0.784. The number of nitrogens with zero attached hydrogens (tertiary/aromatic N) is 1. The molecule has 78 valence electrons. The minimum absolute atomic E-state index is 0.476. The number of nitrogen functional groups attached to an aromatic ring is 1. The summed E-state index contributed by atoms with van der Waals surface area (Å²) in [5.41, 5.74) is 6.63. The van der Waals surface area contributed by atoms with Gasteiger partial charge in [-0.1, -0.05) is 0 Å². The van der Waals surface area contributed by atoms with Gasteiger partial charge in [0.25, 0.3) is 0 Å². The maximum absolute atomic E-state index is 5.58. The van der Waals surface area contributed by atoms with E-state index in [-0.39, 0.29) is 0 Å². The number of aromatic nitrogens is 1. The van der Waals surface area contributed by atoms with E-state index in [0.717, 1.165) is 12.1 Å². The lowest BCUT2D eigenvalue weighted by atomic mass is 10.2. The molecule has 3 nitrogen and oxygen atoms in total. The molecule has 1 rings (SSSR count).